The van der Waals surface area contributed by atoms with Crippen molar-refractivity contribution in [2.75, 3.05) is 18.1 Å². The molecule has 0 saturated heterocycles. The van der Waals surface area contributed by atoms with Crippen LogP contribution < -0.4 is 4.72 Å². The predicted molar refractivity (Wildman–Crippen MR) is 132 cm³/mol. The first kappa shape index (κ1) is 30.8. The second-order valence-electron chi connectivity index (χ2n) is 8.86. The van der Waals surface area contributed by atoms with Crippen molar-refractivity contribution in [2.24, 2.45) is 0 Å². The molecular weight excluding hydrogens is 434 g/mol. The van der Waals surface area contributed by atoms with Gasteiger partial charge in [-0.2, -0.15) is 8.42 Å². The highest BCUT2D eigenvalue weighted by Gasteiger charge is 2.14. The largest absolute Gasteiger partial charge is 0.286 e. The van der Waals surface area contributed by atoms with Gasteiger partial charge >= 0.3 is 0 Å². The molecule has 0 saturated carbocycles. The Hall–Kier alpha value is -0.180. The Morgan fingerprint density at radius 2 is 0.839 bits per heavy atom. The molecule has 0 aliphatic carbocycles. The molecule has 0 bridgehead atoms. The lowest BCUT2D eigenvalue weighted by Crippen LogP contribution is -2.30. The molecule has 0 amide bonds. The van der Waals surface area contributed by atoms with Crippen LogP contribution in [0, 0.1) is 0 Å². The predicted octanol–water partition coefficient (Wildman–Crippen LogP) is 6.23. The third kappa shape index (κ3) is 26.0. The molecule has 0 atom stereocenters. The number of rotatable bonds is 24. The maximum absolute atomic E-state index is 11.6. The summed E-state index contributed by atoms with van der Waals surface area (Å²) in [6.45, 7) is 2.59. The number of sulfonamides is 1. The van der Waals surface area contributed by atoms with Gasteiger partial charge in [0.2, 0.25) is 10.0 Å². The van der Waals surface area contributed by atoms with Crippen LogP contribution in [-0.4, -0.2) is 39.4 Å². The van der Waals surface area contributed by atoms with E-state index < -0.39 is 31.6 Å². The summed E-state index contributed by atoms with van der Waals surface area (Å²) in [5.74, 6) is -1.35. The van der Waals surface area contributed by atoms with Gasteiger partial charge in [0.1, 0.15) is 0 Å². The lowest BCUT2D eigenvalue weighted by molar-refractivity contribution is 0.483. The normalized spacial score (nSPS) is 12.5. The van der Waals surface area contributed by atoms with Crippen LogP contribution in [0.1, 0.15) is 129 Å². The fourth-order valence-corrected chi connectivity index (χ4v) is 6.04. The highest BCUT2D eigenvalue weighted by molar-refractivity contribution is 7.91. The molecule has 0 aliphatic rings. The van der Waals surface area contributed by atoms with E-state index in [4.69, 9.17) is 4.55 Å². The van der Waals surface area contributed by atoms with Crippen LogP contribution in [0.3, 0.4) is 0 Å². The Labute approximate surface area is 193 Å². The molecule has 0 heterocycles. The van der Waals surface area contributed by atoms with Crippen molar-refractivity contribution >= 4 is 20.1 Å². The van der Waals surface area contributed by atoms with E-state index in [9.17, 15) is 16.8 Å². The summed E-state index contributed by atoms with van der Waals surface area (Å²) < 4.78 is 55.3. The summed E-state index contributed by atoms with van der Waals surface area (Å²) in [7, 11) is -7.87. The van der Waals surface area contributed by atoms with Gasteiger partial charge in [-0.3, -0.25) is 4.55 Å². The number of hydrogen-bond donors (Lipinski definition) is 2. The lowest BCUT2D eigenvalue weighted by atomic mass is 10.0. The Morgan fingerprint density at radius 1 is 0.516 bits per heavy atom. The third-order valence-electron chi connectivity index (χ3n) is 5.71. The second kappa shape index (κ2) is 20.4. The molecule has 0 unspecified atom stereocenters. The first-order chi connectivity index (χ1) is 14.8. The Balaban J connectivity index is 3.25. The summed E-state index contributed by atoms with van der Waals surface area (Å²) in [4.78, 5) is 0. The molecule has 0 aromatic carbocycles. The van der Waals surface area contributed by atoms with Crippen molar-refractivity contribution in [3.63, 3.8) is 0 Å². The van der Waals surface area contributed by atoms with E-state index in [2.05, 4.69) is 11.6 Å². The number of unbranched alkanes of at least 4 members (excludes halogenated alkanes) is 18. The van der Waals surface area contributed by atoms with Crippen LogP contribution in [0.25, 0.3) is 0 Å². The summed E-state index contributed by atoms with van der Waals surface area (Å²) >= 11 is 0. The number of nitrogens with one attached hydrogen (secondary N) is 1. The molecule has 0 aromatic rings. The van der Waals surface area contributed by atoms with Gasteiger partial charge in [-0.1, -0.05) is 122 Å². The molecular formula is C23H49NO5S2. The molecule has 0 aliphatic heterocycles. The molecule has 0 aromatic heterocycles. The zero-order chi connectivity index (χ0) is 23.3. The fraction of sp³-hybridized carbons (Fsp3) is 1.00. The number of hydrogen-bond acceptors (Lipinski definition) is 4. The van der Waals surface area contributed by atoms with Crippen LogP contribution in [0.5, 0.6) is 0 Å². The maximum atomic E-state index is 11.6. The van der Waals surface area contributed by atoms with Crippen LogP contribution in [-0.2, 0) is 20.1 Å². The van der Waals surface area contributed by atoms with E-state index in [-0.39, 0.29) is 0 Å². The van der Waals surface area contributed by atoms with Gasteiger partial charge in [0.05, 0.1) is 11.5 Å². The first-order valence-corrected chi connectivity index (χ1v) is 16.0. The smallest absolute Gasteiger partial charge is 0.265 e. The minimum atomic E-state index is -4.24. The SMILES string of the molecule is CCCCCCCCCCCCCCCCCCCCCNS(=O)(=O)CCS(=O)(=O)O. The van der Waals surface area contributed by atoms with Crippen molar-refractivity contribution in [2.45, 2.75) is 129 Å². The molecule has 188 valence electrons. The van der Waals surface area contributed by atoms with Crippen molar-refractivity contribution in [3.05, 3.63) is 0 Å². The van der Waals surface area contributed by atoms with Crippen molar-refractivity contribution in [3.8, 4) is 0 Å². The van der Waals surface area contributed by atoms with E-state index in [0.29, 0.717) is 6.54 Å². The van der Waals surface area contributed by atoms with Gasteiger partial charge in [0.25, 0.3) is 10.1 Å². The fourth-order valence-electron chi connectivity index (χ4n) is 3.72. The van der Waals surface area contributed by atoms with Crippen molar-refractivity contribution < 1.29 is 21.4 Å². The Kier molecular flexibility index (Phi) is 20.3. The van der Waals surface area contributed by atoms with E-state index >= 15 is 0 Å². The quantitative estimate of drug-likeness (QED) is 0.125. The summed E-state index contributed by atoms with van der Waals surface area (Å²) in [6, 6.07) is 0. The average Bonchev–Trinajstić information content (AvgIpc) is 2.70. The minimum Gasteiger partial charge on any atom is -0.286 e. The minimum absolute atomic E-state index is 0.326. The Bertz CT molecular complexity index is 591. The molecule has 0 fully saturated rings. The van der Waals surface area contributed by atoms with Crippen molar-refractivity contribution in [1.29, 1.82) is 0 Å². The van der Waals surface area contributed by atoms with E-state index in [1.54, 1.807) is 0 Å². The molecule has 31 heavy (non-hydrogen) atoms. The van der Waals surface area contributed by atoms with Gasteiger partial charge in [0.15, 0.2) is 0 Å². The Morgan fingerprint density at radius 3 is 1.16 bits per heavy atom. The maximum Gasteiger partial charge on any atom is 0.265 e. The van der Waals surface area contributed by atoms with Crippen LogP contribution >= 0.6 is 0 Å². The van der Waals surface area contributed by atoms with Crippen molar-refractivity contribution in [1.82, 2.24) is 4.72 Å². The van der Waals surface area contributed by atoms with Crippen LogP contribution in [0.15, 0.2) is 0 Å². The molecule has 0 rings (SSSR count). The zero-order valence-corrected chi connectivity index (χ0v) is 21.6. The van der Waals surface area contributed by atoms with Gasteiger partial charge in [-0.05, 0) is 6.42 Å². The molecule has 8 heteroatoms. The van der Waals surface area contributed by atoms with Crippen LogP contribution in [0.4, 0.5) is 0 Å². The average molecular weight is 484 g/mol. The van der Waals surface area contributed by atoms with Crippen LogP contribution in [0.2, 0.25) is 0 Å². The van der Waals surface area contributed by atoms with Gasteiger partial charge in [-0.25, -0.2) is 13.1 Å². The summed E-state index contributed by atoms with van der Waals surface area (Å²) in [5.41, 5.74) is 0. The van der Waals surface area contributed by atoms with E-state index in [1.165, 1.54) is 103 Å². The topological polar surface area (TPSA) is 101 Å². The zero-order valence-electron chi connectivity index (χ0n) is 20.0. The third-order valence-corrected chi connectivity index (χ3v) is 8.08. The van der Waals surface area contributed by atoms with E-state index in [1.807, 2.05) is 0 Å². The van der Waals surface area contributed by atoms with Gasteiger partial charge in [-0.15, -0.1) is 0 Å². The molecule has 6 nitrogen and oxygen atoms in total. The summed E-state index contributed by atoms with van der Waals surface area (Å²) in [5, 5.41) is 0. The first-order valence-electron chi connectivity index (χ1n) is 12.7. The van der Waals surface area contributed by atoms with E-state index in [0.717, 1.165) is 19.3 Å². The highest BCUT2D eigenvalue weighted by atomic mass is 32.2. The second-order valence-corrected chi connectivity index (χ2v) is 12.4. The monoisotopic (exact) mass is 483 g/mol. The molecule has 2 N–H and O–H groups in total. The highest BCUT2D eigenvalue weighted by Crippen LogP contribution is 2.14. The summed E-state index contributed by atoms with van der Waals surface area (Å²) in [6.07, 6.45) is 24.6. The lowest BCUT2D eigenvalue weighted by Gasteiger charge is -2.06. The molecule has 0 spiro atoms. The molecule has 0 radical (unpaired) electrons. The standard InChI is InChI=1S/C23H49NO5S2/c1-2-3-4-5-6-7-8-9-10-11-12-13-14-15-16-17-18-19-20-21-24-30(25,26)22-23-31(27,28)29/h24H,2-23H2,1H3,(H,27,28,29). The van der Waals surface area contributed by atoms with Gasteiger partial charge < -0.3 is 0 Å². The van der Waals surface area contributed by atoms with Gasteiger partial charge in [0, 0.05) is 6.54 Å².